The number of hydrogen-bond donors (Lipinski definition) is 0. The van der Waals surface area contributed by atoms with Crippen LogP contribution >= 0.6 is 0 Å². The third-order valence-electron chi connectivity index (χ3n) is 0.604. The third kappa shape index (κ3) is 0.513. The highest BCUT2D eigenvalue weighted by Crippen LogP contribution is 1.99. The Morgan fingerprint density at radius 3 is 2.71 bits per heavy atom. The normalized spacial score (nSPS) is 17.7. The van der Waals surface area contributed by atoms with Gasteiger partial charge in [0.15, 0.2) is 6.40 Å². The Morgan fingerprint density at radius 2 is 2.57 bits per heavy atom. The largest absolute Gasteiger partial charge is 0.410 e. The molecule has 0 saturated heterocycles. The van der Waals surface area contributed by atoms with E-state index in [0.29, 0.717) is 0 Å². The molecule has 0 aromatic carbocycles. The minimum absolute atomic E-state index is 0.167. The van der Waals surface area contributed by atoms with Gasteiger partial charge in [-0.15, -0.1) is 0 Å². The number of carbonyl (C=O) groups excluding carboxylic acids is 1. The summed E-state index contributed by atoms with van der Waals surface area (Å²) in [6, 6.07) is 0. The van der Waals surface area contributed by atoms with Crippen molar-refractivity contribution in [3.05, 3.63) is 12.3 Å². The minimum Gasteiger partial charge on any atom is -0.410 e. The first-order chi connectivity index (χ1) is 3.30. The van der Waals surface area contributed by atoms with Gasteiger partial charge < -0.3 is 4.74 Å². The molecule has 0 atom stereocenters. The Bertz CT molecular complexity index is 148. The van der Waals surface area contributed by atoms with Crippen LogP contribution in [0.4, 0.5) is 0 Å². The molecule has 0 aromatic rings. The maximum absolute atomic E-state index is 10.1. The van der Waals surface area contributed by atoms with Crippen molar-refractivity contribution in [2.75, 3.05) is 0 Å². The smallest absolute Gasteiger partial charge is 0.362 e. The lowest BCUT2D eigenvalue weighted by Gasteiger charge is -1.79. The molecule has 3 heteroatoms. The van der Waals surface area contributed by atoms with Gasteiger partial charge in [0.2, 0.25) is 0 Å². The van der Waals surface area contributed by atoms with E-state index in [1.165, 1.54) is 0 Å². The molecule has 0 N–H and O–H groups in total. The van der Waals surface area contributed by atoms with E-state index in [0.717, 1.165) is 6.40 Å². The van der Waals surface area contributed by atoms with Crippen molar-refractivity contribution in [3.8, 4) is 0 Å². The Morgan fingerprint density at radius 1 is 1.86 bits per heavy atom. The first-order valence-electron chi connectivity index (χ1n) is 1.73. The summed E-state index contributed by atoms with van der Waals surface area (Å²) < 4.78 is 4.23. The van der Waals surface area contributed by atoms with Gasteiger partial charge in [0.25, 0.3) is 0 Å². The molecule has 0 radical (unpaired) electrons. The summed E-state index contributed by atoms with van der Waals surface area (Å²) in [5.74, 6) is -0.458. The number of carbonyl (C=O) groups is 1. The van der Waals surface area contributed by atoms with Crippen LogP contribution in [0.3, 0.4) is 0 Å². The zero-order valence-electron chi connectivity index (χ0n) is 3.55. The van der Waals surface area contributed by atoms with Gasteiger partial charge in [-0.2, -0.15) is 0 Å². The lowest BCUT2D eigenvalue weighted by Crippen LogP contribution is -1.93. The molecular weight excluding hydrogens is 94.0 g/mol. The fourth-order valence-electron chi connectivity index (χ4n) is 0.259. The van der Waals surface area contributed by atoms with Gasteiger partial charge in [-0.3, -0.25) is 0 Å². The Balaban J connectivity index is 2.81. The Kier molecular flexibility index (Phi) is 0.685. The van der Waals surface area contributed by atoms with Crippen molar-refractivity contribution in [3.63, 3.8) is 0 Å². The monoisotopic (exact) mass is 97.0 g/mol. The van der Waals surface area contributed by atoms with E-state index in [4.69, 9.17) is 0 Å². The second kappa shape index (κ2) is 1.18. The molecule has 0 spiro atoms. The fourth-order valence-corrected chi connectivity index (χ4v) is 0.259. The summed E-state index contributed by atoms with van der Waals surface area (Å²) in [5, 5.41) is 0. The van der Waals surface area contributed by atoms with Gasteiger partial charge in [-0.25, -0.2) is 9.79 Å². The second-order valence-electron chi connectivity index (χ2n) is 1.09. The lowest BCUT2D eigenvalue weighted by atomic mass is 10.5. The molecule has 7 heavy (non-hydrogen) atoms. The van der Waals surface area contributed by atoms with Crippen molar-refractivity contribution in [2.24, 2.45) is 4.99 Å². The molecule has 36 valence electrons. The van der Waals surface area contributed by atoms with Crippen molar-refractivity contribution in [1.82, 2.24) is 0 Å². The molecule has 0 saturated carbocycles. The van der Waals surface area contributed by atoms with Crippen LogP contribution in [-0.2, 0) is 9.53 Å². The number of hydrogen-bond acceptors (Lipinski definition) is 3. The summed E-state index contributed by atoms with van der Waals surface area (Å²) in [7, 11) is 0. The highest BCUT2D eigenvalue weighted by Gasteiger charge is 2.09. The summed E-state index contributed by atoms with van der Waals surface area (Å²) >= 11 is 0. The predicted octanol–water partition coefficient (Wildman–Crippen LogP) is 0.0852. The molecule has 0 unspecified atom stereocenters. The van der Waals surface area contributed by atoms with Crippen molar-refractivity contribution >= 4 is 12.4 Å². The quantitative estimate of drug-likeness (QED) is 0.317. The number of cyclic esters (lactones) is 1. The standard InChI is InChI=1S/C4H3NO2/c1-3-4(6)7-2-5-3/h2H,1H2. The second-order valence-corrected chi connectivity index (χ2v) is 1.09. The number of nitrogens with zero attached hydrogens (tertiary/aromatic N) is 1. The van der Waals surface area contributed by atoms with Crippen LogP contribution in [0.25, 0.3) is 0 Å². The van der Waals surface area contributed by atoms with E-state index in [-0.39, 0.29) is 5.70 Å². The zero-order chi connectivity index (χ0) is 5.28. The van der Waals surface area contributed by atoms with E-state index in [9.17, 15) is 4.79 Å². The van der Waals surface area contributed by atoms with Crippen molar-refractivity contribution in [2.45, 2.75) is 0 Å². The highest BCUT2D eigenvalue weighted by molar-refractivity contribution is 5.97. The maximum Gasteiger partial charge on any atom is 0.362 e. The van der Waals surface area contributed by atoms with Crippen LogP contribution in [0.1, 0.15) is 0 Å². The Hall–Kier alpha value is -1.12. The van der Waals surface area contributed by atoms with Crippen molar-refractivity contribution in [1.29, 1.82) is 0 Å². The van der Waals surface area contributed by atoms with Crippen LogP contribution < -0.4 is 0 Å². The van der Waals surface area contributed by atoms with Gasteiger partial charge in [0.05, 0.1) is 0 Å². The molecule has 0 amide bonds. The minimum atomic E-state index is -0.458. The van der Waals surface area contributed by atoms with Crippen LogP contribution in [0.2, 0.25) is 0 Å². The van der Waals surface area contributed by atoms with Gasteiger partial charge in [0.1, 0.15) is 5.70 Å². The molecule has 1 aliphatic rings. The zero-order valence-corrected chi connectivity index (χ0v) is 3.55. The topological polar surface area (TPSA) is 38.7 Å². The van der Waals surface area contributed by atoms with Crippen LogP contribution in [-0.4, -0.2) is 12.4 Å². The van der Waals surface area contributed by atoms with E-state index >= 15 is 0 Å². The summed E-state index contributed by atoms with van der Waals surface area (Å²) in [6.07, 6.45) is 1.07. The van der Waals surface area contributed by atoms with E-state index in [1.807, 2.05) is 0 Å². The molecule has 0 aliphatic carbocycles. The number of esters is 1. The highest BCUT2D eigenvalue weighted by atomic mass is 16.5. The third-order valence-corrected chi connectivity index (χ3v) is 0.604. The lowest BCUT2D eigenvalue weighted by molar-refractivity contribution is -0.129. The summed E-state index contributed by atoms with van der Waals surface area (Å²) in [4.78, 5) is 13.6. The molecule has 0 bridgehead atoms. The first-order valence-corrected chi connectivity index (χ1v) is 1.73. The van der Waals surface area contributed by atoms with Crippen LogP contribution in [0, 0.1) is 0 Å². The maximum atomic E-state index is 10.1. The number of ether oxygens (including phenoxy) is 1. The van der Waals surface area contributed by atoms with Gasteiger partial charge in [0, 0.05) is 0 Å². The van der Waals surface area contributed by atoms with Crippen molar-refractivity contribution < 1.29 is 9.53 Å². The van der Waals surface area contributed by atoms with Gasteiger partial charge in [-0.1, -0.05) is 6.58 Å². The average molecular weight is 97.1 g/mol. The SMILES string of the molecule is C=C1N=COC1=O. The Labute approximate surface area is 40.3 Å². The average Bonchev–Trinajstić information content (AvgIpc) is 1.91. The first kappa shape index (κ1) is 4.05. The number of aliphatic imine (C=N–C) groups is 1. The van der Waals surface area contributed by atoms with Crippen LogP contribution in [0.5, 0.6) is 0 Å². The fraction of sp³-hybridized carbons (Fsp3) is 0. The molecule has 0 aromatic heterocycles. The molecule has 1 heterocycles. The molecular formula is C4H3NO2. The van der Waals surface area contributed by atoms with E-state index in [2.05, 4.69) is 16.3 Å². The molecule has 1 aliphatic heterocycles. The van der Waals surface area contributed by atoms with Crippen LogP contribution in [0.15, 0.2) is 17.3 Å². The van der Waals surface area contributed by atoms with Gasteiger partial charge >= 0.3 is 5.97 Å². The van der Waals surface area contributed by atoms with E-state index in [1.54, 1.807) is 0 Å². The molecule has 1 rings (SSSR count). The number of rotatable bonds is 0. The summed E-state index contributed by atoms with van der Waals surface area (Å²) in [6.45, 7) is 3.26. The molecule has 3 nitrogen and oxygen atoms in total. The molecule has 0 fully saturated rings. The van der Waals surface area contributed by atoms with Gasteiger partial charge in [-0.05, 0) is 0 Å². The predicted molar refractivity (Wildman–Crippen MR) is 23.7 cm³/mol. The van der Waals surface area contributed by atoms with E-state index < -0.39 is 5.97 Å². The summed E-state index contributed by atoms with van der Waals surface area (Å²) in [5.41, 5.74) is 0.167.